The van der Waals surface area contributed by atoms with Crippen LogP contribution < -0.4 is 21.7 Å². The number of aromatic hydroxyl groups is 1. The van der Waals surface area contributed by atoms with E-state index in [4.69, 9.17) is 10.8 Å². The van der Waals surface area contributed by atoms with E-state index < -0.39 is 60.2 Å². The minimum atomic E-state index is -1.49. The predicted octanol–water partition coefficient (Wildman–Crippen LogP) is -0.651. The van der Waals surface area contributed by atoms with Crippen LogP contribution in [0.25, 0.3) is 0 Å². The molecule has 0 saturated carbocycles. The number of carbonyl (C=O) groups excluding carboxylic acids is 3. The summed E-state index contributed by atoms with van der Waals surface area (Å²) in [7, 11) is 0. The van der Waals surface area contributed by atoms with E-state index >= 15 is 0 Å². The van der Waals surface area contributed by atoms with Gasteiger partial charge in [-0.2, -0.15) is 24.4 Å². The summed E-state index contributed by atoms with van der Waals surface area (Å²) < 4.78 is 0. The Hall–Kier alpha value is -2.97. The zero-order chi connectivity index (χ0) is 27.3. The Balaban J connectivity index is 3.13. The third kappa shape index (κ3) is 11.2. The fourth-order valence-corrected chi connectivity index (χ4v) is 3.65. The molecule has 1 aromatic carbocycles. The molecule has 0 aliphatic rings. The van der Waals surface area contributed by atoms with Crippen molar-refractivity contribution in [3.8, 4) is 5.75 Å². The third-order valence-corrected chi connectivity index (χ3v) is 6.09. The quantitative estimate of drug-likeness (QED) is 0.123. The molecule has 0 heterocycles. The molecule has 0 radical (unpaired) electrons. The maximum atomic E-state index is 13.1. The zero-order valence-corrected chi connectivity index (χ0v) is 21.4. The number of nitrogens with two attached hydrogens (primary N) is 1. The van der Waals surface area contributed by atoms with E-state index in [1.54, 1.807) is 0 Å². The lowest BCUT2D eigenvalue weighted by Gasteiger charge is -2.25. The predicted molar refractivity (Wildman–Crippen MR) is 137 cm³/mol. The van der Waals surface area contributed by atoms with Crippen LogP contribution in [0, 0.1) is 0 Å². The molecule has 12 nitrogen and oxygen atoms in total. The van der Waals surface area contributed by atoms with Crippen molar-refractivity contribution in [2.75, 3.05) is 17.8 Å². The molecule has 0 aliphatic heterocycles. The number of thioether (sulfide) groups is 1. The molecule has 4 atom stereocenters. The van der Waals surface area contributed by atoms with E-state index in [1.807, 2.05) is 6.26 Å². The molecule has 0 spiro atoms. The van der Waals surface area contributed by atoms with Crippen LogP contribution in [-0.4, -0.2) is 86.9 Å². The number of amides is 3. The van der Waals surface area contributed by atoms with Crippen molar-refractivity contribution in [3.05, 3.63) is 29.8 Å². The van der Waals surface area contributed by atoms with Crippen molar-refractivity contribution in [1.82, 2.24) is 16.0 Å². The lowest BCUT2D eigenvalue weighted by Crippen LogP contribution is -2.58. The summed E-state index contributed by atoms with van der Waals surface area (Å²) >= 11 is 5.42. The van der Waals surface area contributed by atoms with E-state index in [9.17, 15) is 34.2 Å². The lowest BCUT2D eigenvalue weighted by molar-refractivity contribution is -0.143. The molecular formula is C22H32N4O8S2. The topological polar surface area (TPSA) is 208 Å². The second-order valence-electron chi connectivity index (χ2n) is 7.90. The van der Waals surface area contributed by atoms with Crippen LogP contribution in [0.5, 0.6) is 5.75 Å². The van der Waals surface area contributed by atoms with Crippen molar-refractivity contribution < 1.29 is 39.3 Å². The maximum Gasteiger partial charge on any atom is 0.326 e. The molecule has 36 heavy (non-hydrogen) atoms. The molecular weight excluding hydrogens is 512 g/mol. The van der Waals surface area contributed by atoms with Gasteiger partial charge in [0.2, 0.25) is 17.7 Å². The second kappa shape index (κ2) is 15.9. The van der Waals surface area contributed by atoms with Crippen LogP contribution in [0.1, 0.15) is 24.8 Å². The number of thiol groups is 1. The fourth-order valence-electron chi connectivity index (χ4n) is 3.01. The molecule has 3 amide bonds. The Morgan fingerprint density at radius 3 is 2.00 bits per heavy atom. The van der Waals surface area contributed by atoms with E-state index in [0.29, 0.717) is 11.3 Å². The number of carboxylic acid groups (broad SMARTS) is 2. The minimum absolute atomic E-state index is 0.0104. The number of carboxylic acids is 2. The van der Waals surface area contributed by atoms with Gasteiger partial charge in [-0.05, 0) is 42.5 Å². The van der Waals surface area contributed by atoms with Crippen LogP contribution >= 0.6 is 24.4 Å². The van der Waals surface area contributed by atoms with Crippen molar-refractivity contribution in [1.29, 1.82) is 0 Å². The lowest BCUT2D eigenvalue weighted by atomic mass is 10.0. The summed E-state index contributed by atoms with van der Waals surface area (Å²) in [4.78, 5) is 60.7. The highest BCUT2D eigenvalue weighted by Gasteiger charge is 2.30. The summed E-state index contributed by atoms with van der Waals surface area (Å²) in [5.74, 6) is -4.21. The number of hydrogen-bond acceptors (Lipinski definition) is 9. The van der Waals surface area contributed by atoms with Crippen molar-refractivity contribution in [2.45, 2.75) is 49.9 Å². The number of nitrogens with one attached hydrogen (secondary N) is 3. The van der Waals surface area contributed by atoms with Gasteiger partial charge in [0, 0.05) is 18.6 Å². The van der Waals surface area contributed by atoms with Gasteiger partial charge in [0.15, 0.2) is 0 Å². The first-order valence-corrected chi connectivity index (χ1v) is 13.0. The van der Waals surface area contributed by atoms with Crippen molar-refractivity contribution in [2.24, 2.45) is 5.73 Å². The van der Waals surface area contributed by atoms with Crippen LogP contribution in [0.3, 0.4) is 0 Å². The molecule has 1 rings (SSSR count). The van der Waals surface area contributed by atoms with E-state index in [1.165, 1.54) is 36.0 Å². The van der Waals surface area contributed by atoms with Gasteiger partial charge in [0.1, 0.15) is 23.9 Å². The molecule has 8 N–H and O–H groups in total. The van der Waals surface area contributed by atoms with Gasteiger partial charge in [0.25, 0.3) is 0 Å². The van der Waals surface area contributed by atoms with Crippen molar-refractivity contribution in [3.63, 3.8) is 0 Å². The zero-order valence-electron chi connectivity index (χ0n) is 19.7. The summed E-state index contributed by atoms with van der Waals surface area (Å²) in [6.45, 7) is 0. The van der Waals surface area contributed by atoms with Crippen LogP contribution in [-0.2, 0) is 30.4 Å². The molecule has 0 bridgehead atoms. The van der Waals surface area contributed by atoms with Gasteiger partial charge >= 0.3 is 11.9 Å². The molecule has 0 aliphatic carbocycles. The Bertz CT molecular complexity index is 916. The Morgan fingerprint density at radius 2 is 1.47 bits per heavy atom. The normalized spacial score (nSPS) is 14.1. The molecule has 0 fully saturated rings. The van der Waals surface area contributed by atoms with Gasteiger partial charge in [0.05, 0.1) is 6.04 Å². The van der Waals surface area contributed by atoms with Crippen LogP contribution in [0.15, 0.2) is 24.3 Å². The summed E-state index contributed by atoms with van der Waals surface area (Å²) in [5, 5.41) is 35.1. The average Bonchev–Trinajstić information content (AvgIpc) is 2.83. The van der Waals surface area contributed by atoms with Gasteiger partial charge in [-0.3, -0.25) is 19.2 Å². The fraction of sp³-hybridized carbons (Fsp3) is 0.500. The van der Waals surface area contributed by atoms with Gasteiger partial charge < -0.3 is 37.0 Å². The standard InChI is InChI=1S/C22H32N4O8S2/c1-36-9-8-15(24-19(30)14(23)11-35)20(31)26-17(10-12-2-4-13(27)5-3-12)21(32)25-16(22(33)34)6-7-18(28)29/h2-5,14-17,27,35H,6-11,23H2,1H3,(H,24,30)(H,25,32)(H,26,31)(H,28,29)(H,33,34). The van der Waals surface area contributed by atoms with Crippen molar-refractivity contribution >= 4 is 54.1 Å². The van der Waals surface area contributed by atoms with E-state index in [-0.39, 0.29) is 30.8 Å². The highest BCUT2D eigenvalue weighted by Crippen LogP contribution is 2.12. The van der Waals surface area contributed by atoms with E-state index in [2.05, 4.69) is 28.6 Å². The monoisotopic (exact) mass is 544 g/mol. The van der Waals surface area contributed by atoms with Gasteiger partial charge in [-0.15, -0.1) is 0 Å². The van der Waals surface area contributed by atoms with E-state index in [0.717, 1.165) is 0 Å². The van der Waals surface area contributed by atoms with Crippen LogP contribution in [0.4, 0.5) is 0 Å². The molecule has 1 aromatic rings. The van der Waals surface area contributed by atoms with Crippen LogP contribution in [0.2, 0.25) is 0 Å². The Morgan fingerprint density at radius 1 is 0.917 bits per heavy atom. The molecule has 0 aromatic heterocycles. The number of phenols is 1. The third-order valence-electron chi connectivity index (χ3n) is 5.05. The molecule has 14 heteroatoms. The number of carbonyl (C=O) groups is 5. The molecule has 4 unspecified atom stereocenters. The Labute approximate surface area is 218 Å². The number of aliphatic carboxylic acids is 2. The highest BCUT2D eigenvalue weighted by atomic mass is 32.2. The SMILES string of the molecule is CSCCC(NC(=O)C(N)CS)C(=O)NC(Cc1ccc(O)cc1)C(=O)NC(CCC(=O)O)C(=O)O. The largest absolute Gasteiger partial charge is 0.508 e. The minimum Gasteiger partial charge on any atom is -0.508 e. The second-order valence-corrected chi connectivity index (χ2v) is 9.25. The van der Waals surface area contributed by atoms with Gasteiger partial charge in [-0.1, -0.05) is 12.1 Å². The summed E-state index contributed by atoms with van der Waals surface area (Å²) in [5.41, 5.74) is 6.23. The van der Waals surface area contributed by atoms with Gasteiger partial charge in [-0.25, -0.2) is 4.79 Å². The maximum absolute atomic E-state index is 13.1. The average molecular weight is 545 g/mol. The smallest absolute Gasteiger partial charge is 0.326 e. The first-order valence-electron chi connectivity index (χ1n) is 11.0. The number of phenolic OH excluding ortho intramolecular Hbond substituents is 1. The summed E-state index contributed by atoms with van der Waals surface area (Å²) in [6, 6.07) is 1.11. The number of rotatable bonds is 16. The Kier molecular flexibility index (Phi) is 13.7. The molecule has 0 saturated heterocycles. The highest BCUT2D eigenvalue weighted by molar-refractivity contribution is 7.98. The first-order chi connectivity index (χ1) is 17.0. The number of hydrogen-bond donors (Lipinski definition) is 8. The molecule has 200 valence electrons. The number of benzene rings is 1. The first kappa shape index (κ1) is 31.1. The summed E-state index contributed by atoms with van der Waals surface area (Å²) in [6.07, 6.45) is 1.15.